The highest BCUT2D eigenvalue weighted by Crippen LogP contribution is 2.26. The minimum atomic E-state index is -3.59. The van der Waals surface area contributed by atoms with E-state index < -0.39 is 16.0 Å². The maximum atomic E-state index is 12.9. The number of esters is 1. The second-order valence-electron chi connectivity index (χ2n) is 7.64. The Morgan fingerprint density at radius 2 is 1.72 bits per heavy atom. The molecule has 1 saturated heterocycles. The number of benzene rings is 2. The zero-order valence-electron chi connectivity index (χ0n) is 16.5. The van der Waals surface area contributed by atoms with E-state index in [-0.39, 0.29) is 17.1 Å². The molecule has 1 fully saturated rings. The van der Waals surface area contributed by atoms with E-state index >= 15 is 0 Å². The molecule has 29 heavy (non-hydrogen) atoms. The molecule has 2 unspecified atom stereocenters. The van der Waals surface area contributed by atoms with Crippen LogP contribution in [-0.4, -0.2) is 31.8 Å². The molecule has 2 aromatic carbocycles. The Morgan fingerprint density at radius 1 is 1.10 bits per heavy atom. The van der Waals surface area contributed by atoms with Crippen LogP contribution in [0.4, 0.5) is 0 Å². The highest BCUT2D eigenvalue weighted by Gasteiger charge is 2.31. The summed E-state index contributed by atoms with van der Waals surface area (Å²) >= 11 is 0. The number of sulfonamides is 1. The molecule has 0 N–H and O–H groups in total. The predicted molar refractivity (Wildman–Crippen MR) is 108 cm³/mol. The zero-order valence-corrected chi connectivity index (χ0v) is 17.4. The SMILES string of the molecule is CC1CC(C)CN(S(=O)(=O)c2ccc(C(=O)OCc3ccccc3C#N)cc2)C1. The Bertz CT molecular complexity index is 1020. The van der Waals surface area contributed by atoms with Gasteiger partial charge in [-0.25, -0.2) is 13.2 Å². The van der Waals surface area contributed by atoms with Crippen LogP contribution in [0.25, 0.3) is 0 Å². The van der Waals surface area contributed by atoms with Gasteiger partial charge in [0.05, 0.1) is 22.1 Å². The molecule has 3 rings (SSSR count). The average molecular weight is 413 g/mol. The fourth-order valence-corrected chi connectivity index (χ4v) is 5.38. The van der Waals surface area contributed by atoms with Crippen molar-refractivity contribution < 1.29 is 17.9 Å². The van der Waals surface area contributed by atoms with Gasteiger partial charge in [-0.2, -0.15) is 9.57 Å². The summed E-state index contributed by atoms with van der Waals surface area (Å²) in [5.74, 6) is 0.0695. The van der Waals surface area contributed by atoms with Crippen LogP contribution in [0, 0.1) is 23.2 Å². The summed E-state index contributed by atoms with van der Waals surface area (Å²) in [7, 11) is -3.59. The molecule has 2 aromatic rings. The van der Waals surface area contributed by atoms with Gasteiger partial charge in [-0.3, -0.25) is 0 Å². The smallest absolute Gasteiger partial charge is 0.338 e. The number of nitriles is 1. The topological polar surface area (TPSA) is 87.5 Å². The Hall–Kier alpha value is -2.69. The molecule has 6 nitrogen and oxygen atoms in total. The fourth-order valence-electron chi connectivity index (χ4n) is 3.70. The van der Waals surface area contributed by atoms with E-state index in [1.165, 1.54) is 28.6 Å². The van der Waals surface area contributed by atoms with E-state index in [9.17, 15) is 13.2 Å². The summed E-state index contributed by atoms with van der Waals surface area (Å²) in [5, 5.41) is 9.10. The molecule has 7 heteroatoms. The van der Waals surface area contributed by atoms with E-state index in [2.05, 4.69) is 19.9 Å². The van der Waals surface area contributed by atoms with Crippen molar-refractivity contribution in [3.8, 4) is 6.07 Å². The number of hydrogen-bond acceptors (Lipinski definition) is 5. The number of ether oxygens (including phenoxy) is 1. The predicted octanol–water partition coefficient (Wildman–Crippen LogP) is 3.58. The van der Waals surface area contributed by atoms with Gasteiger partial charge in [0.25, 0.3) is 0 Å². The highest BCUT2D eigenvalue weighted by atomic mass is 32.2. The van der Waals surface area contributed by atoms with E-state index in [1.54, 1.807) is 24.3 Å². The van der Waals surface area contributed by atoms with Crippen molar-refractivity contribution in [2.24, 2.45) is 11.8 Å². The second-order valence-corrected chi connectivity index (χ2v) is 9.58. The standard InChI is InChI=1S/C22H24N2O4S/c1-16-11-17(2)14-24(13-16)29(26,27)21-9-7-18(8-10-21)22(25)28-15-20-6-4-3-5-19(20)12-23/h3-10,16-17H,11,13-15H2,1-2H3. The molecule has 1 aliphatic heterocycles. The van der Waals surface area contributed by atoms with Crippen molar-refractivity contribution in [1.82, 2.24) is 4.31 Å². The molecule has 152 valence electrons. The second kappa shape index (κ2) is 8.76. The van der Waals surface area contributed by atoms with Gasteiger partial charge in [0, 0.05) is 18.7 Å². The number of carbonyl (C=O) groups excluding carboxylic acids is 1. The third-order valence-corrected chi connectivity index (χ3v) is 6.91. The lowest BCUT2D eigenvalue weighted by molar-refractivity contribution is 0.0472. The van der Waals surface area contributed by atoms with Crippen LogP contribution in [0.2, 0.25) is 0 Å². The van der Waals surface area contributed by atoms with Crippen LogP contribution in [0.15, 0.2) is 53.4 Å². The lowest BCUT2D eigenvalue weighted by atomic mass is 9.94. The van der Waals surface area contributed by atoms with E-state index in [1.807, 2.05) is 0 Å². The fraction of sp³-hybridized carbons (Fsp3) is 0.364. The Kier molecular flexibility index (Phi) is 6.36. The van der Waals surface area contributed by atoms with E-state index in [0.717, 1.165) is 6.42 Å². The van der Waals surface area contributed by atoms with Gasteiger partial charge in [-0.15, -0.1) is 0 Å². The zero-order chi connectivity index (χ0) is 21.0. The van der Waals surface area contributed by atoms with Crippen molar-refractivity contribution in [3.63, 3.8) is 0 Å². The van der Waals surface area contributed by atoms with Crippen LogP contribution in [0.1, 0.15) is 41.8 Å². The normalized spacial score (nSPS) is 20.0. The summed E-state index contributed by atoms with van der Waals surface area (Å²) in [4.78, 5) is 12.5. The number of nitrogens with zero attached hydrogens (tertiary/aromatic N) is 2. The van der Waals surface area contributed by atoms with Gasteiger partial charge in [0.15, 0.2) is 0 Å². The van der Waals surface area contributed by atoms with Gasteiger partial charge in [0.1, 0.15) is 6.61 Å². The number of hydrogen-bond donors (Lipinski definition) is 0. The first kappa shape index (κ1) is 21.0. The lowest BCUT2D eigenvalue weighted by Crippen LogP contribution is -2.42. The van der Waals surface area contributed by atoms with Crippen molar-refractivity contribution in [1.29, 1.82) is 5.26 Å². The summed E-state index contributed by atoms with van der Waals surface area (Å²) in [6, 6.07) is 14.8. The Labute approximate surface area is 171 Å². The van der Waals surface area contributed by atoms with Crippen LogP contribution >= 0.6 is 0 Å². The minimum Gasteiger partial charge on any atom is -0.457 e. The highest BCUT2D eigenvalue weighted by molar-refractivity contribution is 7.89. The molecule has 1 aliphatic rings. The third-order valence-electron chi connectivity index (χ3n) is 5.06. The molecule has 0 aromatic heterocycles. The Morgan fingerprint density at radius 3 is 2.34 bits per heavy atom. The van der Waals surface area contributed by atoms with Gasteiger partial charge in [-0.1, -0.05) is 32.0 Å². The molecule has 0 spiro atoms. The maximum absolute atomic E-state index is 12.9. The number of piperidine rings is 1. The van der Waals surface area contributed by atoms with Crippen molar-refractivity contribution in [2.75, 3.05) is 13.1 Å². The molecule has 1 heterocycles. The van der Waals surface area contributed by atoms with Crippen LogP contribution in [0.3, 0.4) is 0 Å². The summed E-state index contributed by atoms with van der Waals surface area (Å²) in [6.07, 6.45) is 1.02. The molecule has 2 atom stereocenters. The first-order chi connectivity index (χ1) is 13.8. The van der Waals surface area contributed by atoms with Crippen LogP contribution in [0.5, 0.6) is 0 Å². The first-order valence-corrected chi connectivity index (χ1v) is 11.0. The summed E-state index contributed by atoms with van der Waals surface area (Å²) < 4.78 is 32.6. The van der Waals surface area contributed by atoms with Crippen LogP contribution < -0.4 is 0 Å². The van der Waals surface area contributed by atoms with Crippen molar-refractivity contribution >= 4 is 16.0 Å². The van der Waals surface area contributed by atoms with Gasteiger partial charge >= 0.3 is 5.97 Å². The number of rotatable bonds is 5. The van der Waals surface area contributed by atoms with Gasteiger partial charge < -0.3 is 4.74 Å². The monoisotopic (exact) mass is 412 g/mol. The van der Waals surface area contributed by atoms with E-state index in [0.29, 0.717) is 36.1 Å². The van der Waals surface area contributed by atoms with Crippen LogP contribution in [-0.2, 0) is 21.4 Å². The molecule has 0 amide bonds. The third kappa shape index (κ3) is 4.84. The van der Waals surface area contributed by atoms with Gasteiger partial charge in [-0.05, 0) is 48.6 Å². The largest absolute Gasteiger partial charge is 0.457 e. The summed E-state index contributed by atoms with van der Waals surface area (Å²) in [5.41, 5.74) is 1.33. The summed E-state index contributed by atoms with van der Waals surface area (Å²) in [6.45, 7) is 5.11. The molecule has 0 aliphatic carbocycles. The van der Waals surface area contributed by atoms with Crippen molar-refractivity contribution in [2.45, 2.75) is 31.8 Å². The lowest BCUT2D eigenvalue weighted by Gasteiger charge is -2.34. The molecular weight excluding hydrogens is 388 g/mol. The van der Waals surface area contributed by atoms with E-state index in [4.69, 9.17) is 10.00 Å². The molecule has 0 radical (unpaired) electrons. The first-order valence-electron chi connectivity index (χ1n) is 9.56. The quantitative estimate of drug-likeness (QED) is 0.701. The maximum Gasteiger partial charge on any atom is 0.338 e. The van der Waals surface area contributed by atoms with Crippen molar-refractivity contribution in [3.05, 3.63) is 65.2 Å². The minimum absolute atomic E-state index is 0.0217. The molecule has 0 bridgehead atoms. The number of carbonyl (C=O) groups is 1. The molecular formula is C22H24N2O4S. The average Bonchev–Trinajstić information content (AvgIpc) is 2.71. The molecule has 0 saturated carbocycles. The Balaban J connectivity index is 1.69. The van der Waals surface area contributed by atoms with Gasteiger partial charge in [0.2, 0.25) is 10.0 Å².